The van der Waals surface area contributed by atoms with Crippen molar-refractivity contribution >= 4 is 49.9 Å². The molecule has 0 saturated heterocycles. The monoisotopic (exact) mass is 309 g/mol. The van der Waals surface area contributed by atoms with Crippen molar-refractivity contribution in [3.8, 4) is 0 Å². The number of hydrogen-bond donors (Lipinski definition) is 2. The van der Waals surface area contributed by atoms with E-state index in [1.807, 2.05) is 16.0 Å². The normalized spacial score (nSPS) is 12.8. The Kier molecular flexibility index (Phi) is 3.19. The van der Waals surface area contributed by atoms with E-state index in [9.17, 15) is 9.59 Å². The lowest BCUT2D eigenvalue weighted by atomic mass is 10.2. The molecule has 0 aliphatic carbocycles. The first kappa shape index (κ1) is 13.1. The zero-order valence-corrected chi connectivity index (χ0v) is 12.1. The number of nitrogens with one attached hydrogen (secondary N) is 1. The highest BCUT2D eigenvalue weighted by atomic mass is 32.1. The Balaban J connectivity index is 1.84. The fourth-order valence-corrected chi connectivity index (χ4v) is 3.67. The lowest BCUT2D eigenvalue weighted by Gasteiger charge is -2.09. The Morgan fingerprint density at radius 2 is 2.35 bits per heavy atom. The van der Waals surface area contributed by atoms with Gasteiger partial charge in [0, 0.05) is 17.6 Å². The number of carboxylic acid groups (broad SMARTS) is 1. The van der Waals surface area contributed by atoms with Gasteiger partial charge in [-0.15, -0.1) is 22.7 Å². The molecule has 0 aromatic carbocycles. The lowest BCUT2D eigenvalue weighted by molar-refractivity contribution is -0.137. The Morgan fingerprint density at radius 3 is 3.10 bits per heavy atom. The summed E-state index contributed by atoms with van der Waals surface area (Å²) in [6.07, 6.45) is 1.82. The maximum absolute atomic E-state index is 12.1. The molecule has 104 valence electrons. The van der Waals surface area contributed by atoms with Crippen molar-refractivity contribution < 1.29 is 14.7 Å². The molecule has 0 radical (unpaired) electrons. The zero-order chi connectivity index (χ0) is 14.3. The third-order valence-electron chi connectivity index (χ3n) is 2.82. The number of imidazole rings is 1. The van der Waals surface area contributed by atoms with Crippen LogP contribution in [-0.2, 0) is 4.79 Å². The summed E-state index contributed by atoms with van der Waals surface area (Å²) in [6.45, 7) is 1.67. The highest BCUT2D eigenvalue weighted by Crippen LogP contribution is 2.28. The summed E-state index contributed by atoms with van der Waals surface area (Å²) in [5.74, 6) is -1.19. The van der Waals surface area contributed by atoms with Gasteiger partial charge in [0.05, 0.1) is 16.8 Å². The smallest absolute Gasteiger partial charge is 0.305 e. The SMILES string of the molecule is CC(CC(=O)O)NC(=O)c1cc2c(nc3sccn32)s1. The molecular formula is C12H11N3O3S2. The third kappa shape index (κ3) is 2.27. The number of fused-ring (bicyclic) bond motifs is 3. The highest BCUT2D eigenvalue weighted by Gasteiger charge is 2.17. The van der Waals surface area contributed by atoms with E-state index in [0.717, 1.165) is 15.3 Å². The summed E-state index contributed by atoms with van der Waals surface area (Å²) in [5, 5.41) is 13.3. The first-order valence-corrected chi connectivity index (χ1v) is 7.62. The van der Waals surface area contributed by atoms with Crippen molar-refractivity contribution in [1.82, 2.24) is 14.7 Å². The third-order valence-corrected chi connectivity index (χ3v) is 4.60. The Hall–Kier alpha value is -1.93. The number of carboxylic acids is 1. The predicted octanol–water partition coefficient (Wildman–Crippen LogP) is 2.20. The largest absolute Gasteiger partial charge is 0.481 e. The summed E-state index contributed by atoms with van der Waals surface area (Å²) in [6, 6.07) is 1.38. The number of carbonyl (C=O) groups excluding carboxylic acids is 1. The first-order chi connectivity index (χ1) is 9.54. The van der Waals surface area contributed by atoms with Gasteiger partial charge in [-0.05, 0) is 13.0 Å². The molecule has 6 nitrogen and oxygen atoms in total. The summed E-state index contributed by atoms with van der Waals surface area (Å²) >= 11 is 2.85. The second kappa shape index (κ2) is 4.88. The predicted molar refractivity (Wildman–Crippen MR) is 77.6 cm³/mol. The maximum Gasteiger partial charge on any atom is 0.305 e. The topological polar surface area (TPSA) is 83.7 Å². The fourth-order valence-electron chi connectivity index (χ4n) is 1.97. The zero-order valence-electron chi connectivity index (χ0n) is 10.5. The minimum absolute atomic E-state index is 0.0926. The molecule has 0 fully saturated rings. The Labute approximate surface area is 121 Å². The summed E-state index contributed by atoms with van der Waals surface area (Å²) in [4.78, 5) is 29.3. The van der Waals surface area contributed by atoms with Crippen LogP contribution in [0.1, 0.15) is 23.0 Å². The van der Waals surface area contributed by atoms with Gasteiger partial charge in [0.25, 0.3) is 5.91 Å². The average Bonchev–Trinajstić information content (AvgIpc) is 2.97. The highest BCUT2D eigenvalue weighted by molar-refractivity contribution is 7.21. The van der Waals surface area contributed by atoms with Gasteiger partial charge >= 0.3 is 5.97 Å². The van der Waals surface area contributed by atoms with Crippen LogP contribution in [0.2, 0.25) is 0 Å². The van der Waals surface area contributed by atoms with E-state index >= 15 is 0 Å². The molecule has 20 heavy (non-hydrogen) atoms. The Morgan fingerprint density at radius 1 is 1.55 bits per heavy atom. The van der Waals surface area contributed by atoms with E-state index in [-0.39, 0.29) is 12.3 Å². The fraction of sp³-hybridized carbons (Fsp3) is 0.250. The van der Waals surface area contributed by atoms with Crippen molar-refractivity contribution in [2.45, 2.75) is 19.4 Å². The molecule has 3 aromatic rings. The molecule has 0 spiro atoms. The van der Waals surface area contributed by atoms with Gasteiger partial charge in [-0.2, -0.15) is 0 Å². The summed E-state index contributed by atoms with van der Waals surface area (Å²) < 4.78 is 1.94. The van der Waals surface area contributed by atoms with Crippen molar-refractivity contribution in [3.05, 3.63) is 22.5 Å². The molecule has 2 N–H and O–H groups in total. The molecule has 3 heterocycles. The van der Waals surface area contributed by atoms with E-state index in [2.05, 4.69) is 10.3 Å². The van der Waals surface area contributed by atoms with E-state index in [4.69, 9.17) is 5.11 Å². The second-order valence-electron chi connectivity index (χ2n) is 4.44. The van der Waals surface area contributed by atoms with Crippen molar-refractivity contribution in [2.75, 3.05) is 0 Å². The second-order valence-corrected chi connectivity index (χ2v) is 6.34. The van der Waals surface area contributed by atoms with Crippen LogP contribution in [-0.4, -0.2) is 32.4 Å². The molecular weight excluding hydrogens is 298 g/mol. The number of aliphatic carboxylic acids is 1. The van der Waals surface area contributed by atoms with Gasteiger partial charge in [0.2, 0.25) is 0 Å². The average molecular weight is 309 g/mol. The van der Waals surface area contributed by atoms with Gasteiger partial charge < -0.3 is 10.4 Å². The number of carbonyl (C=O) groups is 2. The van der Waals surface area contributed by atoms with Crippen LogP contribution in [0.3, 0.4) is 0 Å². The van der Waals surface area contributed by atoms with Crippen molar-refractivity contribution in [2.24, 2.45) is 0 Å². The molecule has 0 saturated carbocycles. The molecule has 0 aliphatic heterocycles. The summed E-state index contributed by atoms with van der Waals surface area (Å²) in [5.41, 5.74) is 0.905. The molecule has 1 atom stereocenters. The van der Waals surface area contributed by atoms with Gasteiger partial charge in [0.1, 0.15) is 4.83 Å². The molecule has 0 aliphatic rings. The number of hydrogen-bond acceptors (Lipinski definition) is 5. The van der Waals surface area contributed by atoms with Gasteiger partial charge in [-0.1, -0.05) is 0 Å². The number of thiophene rings is 1. The van der Waals surface area contributed by atoms with Gasteiger partial charge in [-0.3, -0.25) is 14.0 Å². The molecule has 1 unspecified atom stereocenters. The van der Waals surface area contributed by atoms with Crippen LogP contribution in [0, 0.1) is 0 Å². The van der Waals surface area contributed by atoms with Crippen LogP contribution >= 0.6 is 22.7 Å². The number of amides is 1. The van der Waals surface area contributed by atoms with Crippen LogP contribution < -0.4 is 5.32 Å². The van der Waals surface area contributed by atoms with Crippen molar-refractivity contribution in [1.29, 1.82) is 0 Å². The van der Waals surface area contributed by atoms with Gasteiger partial charge in [-0.25, -0.2) is 4.98 Å². The van der Waals surface area contributed by atoms with E-state index in [0.29, 0.717) is 4.88 Å². The number of rotatable bonds is 4. The molecule has 0 bridgehead atoms. The minimum Gasteiger partial charge on any atom is -0.481 e. The molecule has 3 aromatic heterocycles. The standard InChI is InChI=1S/C12H11N3O3S2/c1-6(4-9(16)17)13-10(18)8-5-7-11(20-8)14-12-15(7)2-3-19-12/h2-3,5-6H,4H2,1H3,(H,13,18)(H,16,17). The number of aromatic nitrogens is 2. The maximum atomic E-state index is 12.1. The quantitative estimate of drug-likeness (QED) is 0.774. The van der Waals surface area contributed by atoms with Crippen LogP contribution in [0.25, 0.3) is 15.3 Å². The van der Waals surface area contributed by atoms with Crippen LogP contribution in [0.4, 0.5) is 0 Å². The van der Waals surface area contributed by atoms with E-state index in [1.165, 1.54) is 11.3 Å². The van der Waals surface area contributed by atoms with E-state index < -0.39 is 12.0 Å². The van der Waals surface area contributed by atoms with Crippen LogP contribution in [0.15, 0.2) is 17.6 Å². The Bertz CT molecular complexity index is 801. The first-order valence-electron chi connectivity index (χ1n) is 5.92. The van der Waals surface area contributed by atoms with Crippen LogP contribution in [0.5, 0.6) is 0 Å². The molecule has 3 rings (SSSR count). The molecule has 8 heteroatoms. The number of thiazole rings is 1. The van der Waals surface area contributed by atoms with Gasteiger partial charge in [0.15, 0.2) is 4.96 Å². The minimum atomic E-state index is -0.931. The molecule has 1 amide bonds. The van der Waals surface area contributed by atoms with E-state index in [1.54, 1.807) is 24.3 Å². The number of nitrogens with zero attached hydrogens (tertiary/aromatic N) is 2. The van der Waals surface area contributed by atoms with Crippen molar-refractivity contribution in [3.63, 3.8) is 0 Å². The lowest BCUT2D eigenvalue weighted by Crippen LogP contribution is -2.33. The summed E-state index contributed by atoms with van der Waals surface area (Å²) in [7, 11) is 0.